The summed E-state index contributed by atoms with van der Waals surface area (Å²) in [4.78, 5) is 4.07. The molecule has 3 aliphatic carbocycles. The molecule has 162 valence electrons. The lowest BCUT2D eigenvalue weighted by molar-refractivity contribution is -0.442. The summed E-state index contributed by atoms with van der Waals surface area (Å²) in [6.07, 6.45) is 24.0. The fourth-order valence-corrected chi connectivity index (χ4v) is 12.6. The molecular weight excluding hydrogens is 395 g/mol. The molecule has 3 saturated carbocycles. The molecule has 0 radical (unpaired) electrons. The number of hydrazone groups is 1. The Kier molecular flexibility index (Phi) is 9.32. The van der Waals surface area contributed by atoms with Gasteiger partial charge in [-0.05, 0) is 49.2 Å². The molecule has 29 heavy (non-hydrogen) atoms. The van der Waals surface area contributed by atoms with Crippen LogP contribution in [0.1, 0.15) is 102 Å². The molecule has 0 bridgehead atoms. The fraction of sp³-hybridized carbons (Fsp3) is 0.720. The van der Waals surface area contributed by atoms with E-state index in [1.165, 1.54) is 102 Å². The highest BCUT2D eigenvalue weighted by molar-refractivity contribution is 7.65. The summed E-state index contributed by atoms with van der Waals surface area (Å²) in [6.45, 7) is 0. The van der Waals surface area contributed by atoms with Crippen LogP contribution < -0.4 is 17.3 Å². The topological polar surface area (TPSA) is 26.3 Å². The minimum Gasteiger partial charge on any atom is -1.00 e. The number of nitrogens with zero attached hydrogens (tertiary/aromatic N) is 1. The van der Waals surface area contributed by atoms with Crippen LogP contribution in [0, 0.1) is 0 Å². The molecule has 0 saturated heterocycles. The molecule has 4 rings (SSSR count). The van der Waals surface area contributed by atoms with Crippen molar-refractivity contribution in [2.75, 3.05) is 0 Å². The van der Waals surface area contributed by atoms with Crippen molar-refractivity contribution >= 4 is 13.3 Å². The Bertz CT molecular complexity index is 617. The van der Waals surface area contributed by atoms with Crippen LogP contribution in [0.15, 0.2) is 35.4 Å². The van der Waals surface area contributed by atoms with Gasteiger partial charge in [-0.15, -0.1) is 4.85 Å². The van der Waals surface area contributed by atoms with Crippen molar-refractivity contribution in [1.82, 2.24) is 0 Å². The highest BCUT2D eigenvalue weighted by atomic mass is 35.5. The van der Waals surface area contributed by atoms with Gasteiger partial charge in [-0.2, -0.15) is 0 Å². The van der Waals surface area contributed by atoms with E-state index in [0.29, 0.717) is 0 Å². The van der Waals surface area contributed by atoms with Crippen molar-refractivity contribution < 1.29 is 17.3 Å². The fourth-order valence-electron chi connectivity index (χ4n) is 6.41. The summed E-state index contributed by atoms with van der Waals surface area (Å²) in [5.74, 6) is 0. The van der Waals surface area contributed by atoms with Gasteiger partial charge in [-0.3, -0.25) is 0 Å². The molecular formula is C25H40ClN2P. The lowest BCUT2D eigenvalue weighted by atomic mass is 9.99. The monoisotopic (exact) mass is 434 g/mol. The first-order chi connectivity index (χ1) is 13.9. The Labute approximate surface area is 184 Å². The maximum Gasteiger partial charge on any atom is 0.137 e. The molecule has 0 atom stereocenters. The predicted octanol–water partition coefficient (Wildman–Crippen LogP) is 3.30. The molecule has 0 amide bonds. The standard InChI is InChI=1S/C25H39N2P.ClH/c1-5-13-22(14-6-1)21-26-27-28(23-15-7-2-8-16-23,24-17-9-3-10-18-24)25-19-11-4-12-20-25;/h1,5-6,13-14,21,23-25H,2-4,7-12,15-20H2;1H/b26-21+;. The summed E-state index contributed by atoms with van der Waals surface area (Å²) in [7, 11) is -1.31. The molecule has 0 aromatic heterocycles. The van der Waals surface area contributed by atoms with E-state index >= 15 is 0 Å². The van der Waals surface area contributed by atoms with E-state index in [1.54, 1.807) is 0 Å². The van der Waals surface area contributed by atoms with E-state index in [9.17, 15) is 0 Å². The SMILES string of the molecule is C(=N\[NH+]=P(C1CCCCC1)(C1CCCCC1)C1CCCCC1)/c1ccccc1.[Cl-]. The number of hydrogen-bond donors (Lipinski definition) is 1. The molecule has 2 nitrogen and oxygen atoms in total. The van der Waals surface area contributed by atoms with E-state index in [0.717, 1.165) is 17.0 Å². The van der Waals surface area contributed by atoms with Gasteiger partial charge >= 0.3 is 0 Å². The third-order valence-corrected chi connectivity index (χ3v) is 13.4. The molecule has 0 aliphatic heterocycles. The minimum atomic E-state index is -1.31. The first-order valence-electron chi connectivity index (χ1n) is 12.1. The molecule has 1 aromatic carbocycles. The van der Waals surface area contributed by atoms with Crippen LogP contribution in [0.3, 0.4) is 0 Å². The molecule has 0 heterocycles. The second kappa shape index (κ2) is 11.7. The maximum atomic E-state index is 5.01. The zero-order valence-corrected chi connectivity index (χ0v) is 19.7. The summed E-state index contributed by atoms with van der Waals surface area (Å²) < 4.78 is 0. The normalized spacial score (nSPS) is 23.0. The average molecular weight is 435 g/mol. The van der Waals surface area contributed by atoms with Gasteiger partial charge in [0.05, 0.1) is 0 Å². The quantitative estimate of drug-likeness (QED) is 0.418. The first kappa shape index (κ1) is 23.1. The largest absolute Gasteiger partial charge is 1.00 e. The number of halogens is 1. The van der Waals surface area contributed by atoms with Gasteiger partial charge in [-0.1, -0.05) is 88.1 Å². The van der Waals surface area contributed by atoms with Crippen molar-refractivity contribution in [2.24, 2.45) is 5.10 Å². The van der Waals surface area contributed by atoms with E-state index in [1.807, 2.05) is 0 Å². The summed E-state index contributed by atoms with van der Waals surface area (Å²) in [6, 6.07) is 10.7. The van der Waals surface area contributed by atoms with Crippen molar-refractivity contribution in [3.63, 3.8) is 0 Å². The molecule has 4 heteroatoms. The number of nitrogens with one attached hydrogen (secondary N) is 1. The Hall–Kier alpha value is -0.590. The van der Waals surface area contributed by atoms with E-state index < -0.39 is 7.05 Å². The zero-order chi connectivity index (χ0) is 19.1. The zero-order valence-electron chi connectivity index (χ0n) is 18.1. The van der Waals surface area contributed by atoms with E-state index in [4.69, 9.17) is 5.10 Å². The van der Waals surface area contributed by atoms with Gasteiger partial charge in [0.1, 0.15) is 13.3 Å². The minimum absolute atomic E-state index is 0. The van der Waals surface area contributed by atoms with Crippen molar-refractivity contribution in [3.8, 4) is 0 Å². The molecule has 3 aliphatic rings. The molecule has 0 unspecified atom stereocenters. The summed E-state index contributed by atoms with van der Waals surface area (Å²) in [5, 5.41) is 5.01. The van der Waals surface area contributed by atoms with E-state index in [2.05, 4.69) is 41.4 Å². The highest BCUT2D eigenvalue weighted by Gasteiger charge is 2.49. The van der Waals surface area contributed by atoms with Gasteiger partial charge in [0.2, 0.25) is 0 Å². The highest BCUT2D eigenvalue weighted by Crippen LogP contribution is 2.66. The number of rotatable bonds is 5. The Morgan fingerprint density at radius 3 is 1.48 bits per heavy atom. The Morgan fingerprint density at radius 2 is 1.07 bits per heavy atom. The van der Waals surface area contributed by atoms with Gasteiger partial charge in [0.15, 0.2) is 0 Å². The summed E-state index contributed by atoms with van der Waals surface area (Å²) in [5.41, 5.74) is 4.02. The number of hydrogen-bond acceptors (Lipinski definition) is 0. The van der Waals surface area contributed by atoms with Gasteiger partial charge in [-0.25, -0.2) is 0 Å². The van der Waals surface area contributed by atoms with Crippen molar-refractivity contribution in [3.05, 3.63) is 35.9 Å². The lowest BCUT2D eigenvalue weighted by Gasteiger charge is -2.43. The molecule has 1 N–H and O–H groups in total. The Morgan fingerprint density at radius 1 is 0.655 bits per heavy atom. The van der Waals surface area contributed by atoms with Crippen LogP contribution in [-0.4, -0.2) is 23.2 Å². The van der Waals surface area contributed by atoms with Crippen LogP contribution in [0.5, 0.6) is 0 Å². The Balaban J connectivity index is 0.00000240. The third kappa shape index (κ3) is 5.56. The van der Waals surface area contributed by atoms with Gasteiger partial charge < -0.3 is 12.4 Å². The van der Waals surface area contributed by atoms with Crippen molar-refractivity contribution in [1.29, 1.82) is 0 Å². The van der Waals surface area contributed by atoms with Gasteiger partial charge in [0, 0.05) is 17.0 Å². The second-order valence-electron chi connectivity index (χ2n) is 9.48. The maximum absolute atomic E-state index is 5.01. The molecule has 1 aromatic rings. The van der Waals surface area contributed by atoms with Crippen LogP contribution in [0.4, 0.5) is 0 Å². The first-order valence-corrected chi connectivity index (χ1v) is 14.1. The molecule has 3 fully saturated rings. The van der Waals surface area contributed by atoms with E-state index in [-0.39, 0.29) is 12.4 Å². The predicted molar refractivity (Wildman–Crippen MR) is 123 cm³/mol. The average Bonchev–Trinajstić information content (AvgIpc) is 2.79. The van der Waals surface area contributed by atoms with Crippen LogP contribution >= 0.6 is 7.05 Å². The van der Waals surface area contributed by atoms with Crippen LogP contribution in [0.2, 0.25) is 0 Å². The smallest absolute Gasteiger partial charge is 0.137 e. The summed E-state index contributed by atoms with van der Waals surface area (Å²) >= 11 is 0. The second-order valence-corrected chi connectivity index (χ2v) is 13.5. The van der Waals surface area contributed by atoms with Crippen LogP contribution in [0.25, 0.3) is 0 Å². The molecule has 0 spiro atoms. The van der Waals surface area contributed by atoms with Gasteiger partial charge in [0.25, 0.3) is 0 Å². The third-order valence-electron chi connectivity index (χ3n) is 7.78. The lowest BCUT2D eigenvalue weighted by Crippen LogP contribution is -3.00. The number of benzene rings is 1. The van der Waals surface area contributed by atoms with Crippen molar-refractivity contribution in [2.45, 2.75) is 113 Å². The van der Waals surface area contributed by atoms with Crippen LogP contribution in [-0.2, 0) is 0 Å².